The van der Waals surface area contributed by atoms with Gasteiger partial charge in [0.05, 0.1) is 9.92 Å². The van der Waals surface area contributed by atoms with E-state index in [0.717, 1.165) is 30.6 Å². The Labute approximate surface area is 148 Å². The van der Waals surface area contributed by atoms with Crippen molar-refractivity contribution in [3.8, 4) is 0 Å². The minimum atomic E-state index is -3.58. The Bertz CT molecular complexity index is 591. The van der Waals surface area contributed by atoms with Crippen LogP contribution in [0.2, 0.25) is 5.02 Å². The van der Waals surface area contributed by atoms with Gasteiger partial charge in [0.2, 0.25) is 10.0 Å². The van der Waals surface area contributed by atoms with Gasteiger partial charge in [-0.15, -0.1) is 24.2 Å². The number of sulfonamides is 1. The fourth-order valence-corrected chi connectivity index (χ4v) is 5.06. The fraction of sp³-hybridized carbons (Fsp3) is 0.571. The van der Waals surface area contributed by atoms with Crippen molar-refractivity contribution in [1.29, 1.82) is 0 Å². The minimum Gasteiger partial charge on any atom is -0.329 e. The summed E-state index contributed by atoms with van der Waals surface area (Å²) in [5.41, 5.74) is 5.76. The fourth-order valence-electron chi connectivity index (χ4n) is 2.78. The molecule has 1 aromatic carbocycles. The predicted octanol–water partition coefficient (Wildman–Crippen LogP) is 3.28. The molecule has 0 aliphatic heterocycles. The largest absolute Gasteiger partial charge is 0.329 e. The van der Waals surface area contributed by atoms with Gasteiger partial charge in [0.1, 0.15) is 0 Å². The Morgan fingerprint density at radius 1 is 1.41 bits per heavy atom. The van der Waals surface area contributed by atoms with Crippen molar-refractivity contribution in [2.75, 3.05) is 12.8 Å². The first-order chi connectivity index (χ1) is 9.97. The Balaban J connectivity index is 0.00000242. The monoisotopic (exact) mass is 384 g/mol. The summed E-state index contributed by atoms with van der Waals surface area (Å²) in [6.45, 7) is 0.320. The molecule has 0 spiro atoms. The van der Waals surface area contributed by atoms with Gasteiger partial charge in [-0.1, -0.05) is 24.4 Å². The third-order valence-corrected chi connectivity index (χ3v) is 6.67. The van der Waals surface area contributed by atoms with Crippen LogP contribution in [0.25, 0.3) is 0 Å². The second-order valence-electron chi connectivity index (χ2n) is 5.30. The molecule has 1 aliphatic rings. The highest BCUT2D eigenvalue weighted by atomic mass is 35.5. The number of nitrogens with one attached hydrogen (secondary N) is 1. The Kier molecular flexibility index (Phi) is 7.99. The van der Waals surface area contributed by atoms with Crippen molar-refractivity contribution in [3.63, 3.8) is 0 Å². The molecule has 0 bridgehead atoms. The highest BCUT2D eigenvalue weighted by Gasteiger charge is 2.28. The molecule has 8 heteroatoms. The molecule has 3 N–H and O–H groups in total. The first-order valence-corrected chi connectivity index (χ1v) is 10.1. The summed E-state index contributed by atoms with van der Waals surface area (Å²) in [4.78, 5) is 1.06. The van der Waals surface area contributed by atoms with E-state index in [4.69, 9.17) is 17.3 Å². The molecular formula is C14H22Cl2N2O2S2. The van der Waals surface area contributed by atoms with Gasteiger partial charge in [-0.25, -0.2) is 13.1 Å². The molecule has 126 valence electrons. The lowest BCUT2D eigenvalue weighted by atomic mass is 9.99. The van der Waals surface area contributed by atoms with Gasteiger partial charge in [-0.05, 0) is 43.2 Å². The highest BCUT2D eigenvalue weighted by molar-refractivity contribution is 7.98. The molecule has 2 rings (SSSR count). The Morgan fingerprint density at radius 2 is 2.05 bits per heavy atom. The average molecular weight is 385 g/mol. The second kappa shape index (κ2) is 8.76. The third-order valence-electron chi connectivity index (χ3n) is 3.96. The molecule has 1 atom stereocenters. The zero-order valence-electron chi connectivity index (χ0n) is 12.4. The van der Waals surface area contributed by atoms with E-state index in [9.17, 15) is 8.42 Å². The molecule has 1 aromatic rings. The molecular weight excluding hydrogens is 363 g/mol. The standard InChI is InChI=1S/C14H21ClN2O2S2.ClH/c1-20-14-7-6-11(8-12(14)15)21(18,19)17-13(9-16)10-4-2-3-5-10;/h6-8,10,13,17H,2-5,9,16H2,1H3;1H. The summed E-state index contributed by atoms with van der Waals surface area (Å²) in [6.07, 6.45) is 6.28. The van der Waals surface area contributed by atoms with Gasteiger partial charge in [-0.3, -0.25) is 0 Å². The number of hydrogen-bond donors (Lipinski definition) is 2. The van der Waals surface area contributed by atoms with Crippen LogP contribution in [0.1, 0.15) is 25.7 Å². The van der Waals surface area contributed by atoms with Crippen molar-refractivity contribution < 1.29 is 8.42 Å². The average Bonchev–Trinajstić information content (AvgIpc) is 2.98. The van der Waals surface area contributed by atoms with Crippen LogP contribution >= 0.6 is 35.8 Å². The smallest absolute Gasteiger partial charge is 0.240 e. The number of thioether (sulfide) groups is 1. The van der Waals surface area contributed by atoms with E-state index >= 15 is 0 Å². The van der Waals surface area contributed by atoms with E-state index < -0.39 is 10.0 Å². The number of rotatable bonds is 6. The van der Waals surface area contributed by atoms with Gasteiger partial charge in [0, 0.05) is 17.5 Å². The van der Waals surface area contributed by atoms with Crippen molar-refractivity contribution in [2.45, 2.75) is 41.5 Å². The zero-order valence-corrected chi connectivity index (χ0v) is 15.6. The minimum absolute atomic E-state index is 0. The lowest BCUT2D eigenvalue weighted by Crippen LogP contribution is -2.44. The maximum Gasteiger partial charge on any atom is 0.240 e. The van der Waals surface area contributed by atoms with E-state index in [2.05, 4.69) is 4.72 Å². The summed E-state index contributed by atoms with van der Waals surface area (Å²) in [5, 5.41) is 0.454. The van der Waals surface area contributed by atoms with Crippen LogP contribution in [0, 0.1) is 5.92 Å². The summed E-state index contributed by atoms with van der Waals surface area (Å²) in [5.74, 6) is 0.339. The summed E-state index contributed by atoms with van der Waals surface area (Å²) in [7, 11) is -3.58. The van der Waals surface area contributed by atoms with E-state index in [0.29, 0.717) is 17.5 Å². The Morgan fingerprint density at radius 3 is 2.55 bits per heavy atom. The van der Waals surface area contributed by atoms with Gasteiger partial charge in [0.25, 0.3) is 0 Å². The van der Waals surface area contributed by atoms with E-state index in [-0.39, 0.29) is 23.3 Å². The Hall–Kier alpha value is 0.0200. The van der Waals surface area contributed by atoms with Crippen molar-refractivity contribution >= 4 is 45.8 Å². The van der Waals surface area contributed by atoms with Gasteiger partial charge in [-0.2, -0.15) is 0 Å². The second-order valence-corrected chi connectivity index (χ2v) is 8.27. The molecule has 1 aliphatic carbocycles. The van der Waals surface area contributed by atoms with Crippen molar-refractivity contribution in [2.24, 2.45) is 11.7 Å². The van der Waals surface area contributed by atoms with Crippen LogP contribution in [0.4, 0.5) is 0 Å². The van der Waals surface area contributed by atoms with Crippen LogP contribution in [0.15, 0.2) is 28.0 Å². The number of halogens is 2. The number of nitrogens with two attached hydrogens (primary N) is 1. The molecule has 22 heavy (non-hydrogen) atoms. The number of benzene rings is 1. The van der Waals surface area contributed by atoms with Gasteiger partial charge < -0.3 is 5.73 Å². The van der Waals surface area contributed by atoms with Gasteiger partial charge >= 0.3 is 0 Å². The summed E-state index contributed by atoms with van der Waals surface area (Å²) >= 11 is 7.58. The summed E-state index contributed by atoms with van der Waals surface area (Å²) < 4.78 is 27.7. The van der Waals surface area contributed by atoms with E-state index in [1.807, 2.05) is 6.26 Å². The van der Waals surface area contributed by atoms with Crippen molar-refractivity contribution in [1.82, 2.24) is 4.72 Å². The molecule has 0 radical (unpaired) electrons. The van der Waals surface area contributed by atoms with Crippen LogP contribution in [-0.4, -0.2) is 27.3 Å². The first-order valence-electron chi connectivity index (χ1n) is 7.04. The molecule has 1 saturated carbocycles. The van der Waals surface area contributed by atoms with Crippen LogP contribution in [0.3, 0.4) is 0 Å². The SMILES string of the molecule is CSc1ccc(S(=O)(=O)NC(CN)C2CCCC2)cc1Cl.Cl. The molecule has 1 fully saturated rings. The molecule has 0 heterocycles. The van der Waals surface area contributed by atoms with E-state index in [1.54, 1.807) is 12.1 Å². The van der Waals surface area contributed by atoms with Crippen LogP contribution in [-0.2, 0) is 10.0 Å². The molecule has 0 aromatic heterocycles. The molecule has 0 saturated heterocycles. The maximum absolute atomic E-state index is 12.5. The zero-order chi connectivity index (χ0) is 15.5. The maximum atomic E-state index is 12.5. The van der Waals surface area contributed by atoms with Crippen molar-refractivity contribution in [3.05, 3.63) is 23.2 Å². The van der Waals surface area contributed by atoms with Gasteiger partial charge in [0.15, 0.2) is 0 Å². The van der Waals surface area contributed by atoms with E-state index in [1.165, 1.54) is 17.8 Å². The van der Waals surface area contributed by atoms with Crippen LogP contribution < -0.4 is 10.5 Å². The molecule has 4 nitrogen and oxygen atoms in total. The first kappa shape index (κ1) is 20.1. The number of hydrogen-bond acceptors (Lipinski definition) is 4. The topological polar surface area (TPSA) is 72.2 Å². The third kappa shape index (κ3) is 4.76. The molecule has 0 amide bonds. The quantitative estimate of drug-likeness (QED) is 0.738. The lowest BCUT2D eigenvalue weighted by molar-refractivity contribution is 0.405. The summed E-state index contributed by atoms with van der Waals surface area (Å²) in [6, 6.07) is 4.62. The molecule has 1 unspecified atom stereocenters. The highest BCUT2D eigenvalue weighted by Crippen LogP contribution is 2.30. The lowest BCUT2D eigenvalue weighted by Gasteiger charge is -2.23. The van der Waals surface area contributed by atoms with Crippen LogP contribution in [0.5, 0.6) is 0 Å². The normalized spacial score (nSPS) is 17.2. The predicted molar refractivity (Wildman–Crippen MR) is 95.6 cm³/mol.